The van der Waals surface area contributed by atoms with E-state index in [1.165, 1.54) is 6.08 Å². The highest BCUT2D eigenvalue weighted by Gasteiger charge is 2.29. The van der Waals surface area contributed by atoms with Crippen LogP contribution in [0.4, 0.5) is 17.1 Å². The second kappa shape index (κ2) is 9.40. The van der Waals surface area contributed by atoms with Crippen LogP contribution >= 0.6 is 0 Å². The number of nitrogen functional groups attached to an aromatic ring is 1. The minimum Gasteiger partial charge on any atom is -0.456 e. The Labute approximate surface area is 198 Å². The number of aryl methyl sites for hydroxylation is 2. The fourth-order valence-electron chi connectivity index (χ4n) is 3.65. The third kappa shape index (κ3) is 4.85. The van der Waals surface area contributed by atoms with Crippen LogP contribution in [0, 0.1) is 36.5 Å². The Hall–Kier alpha value is -4.75. The van der Waals surface area contributed by atoms with E-state index in [4.69, 9.17) is 21.0 Å². The van der Waals surface area contributed by atoms with Gasteiger partial charge in [-0.25, -0.2) is 0 Å². The number of hydrogen-bond acceptors (Lipinski definition) is 6. The average Bonchev–Trinajstić information content (AvgIpc) is 3.67. The van der Waals surface area contributed by atoms with Gasteiger partial charge in [-0.05, 0) is 79.1 Å². The summed E-state index contributed by atoms with van der Waals surface area (Å²) in [5.74, 6) is 0.910. The lowest BCUT2D eigenvalue weighted by Crippen LogP contribution is -2.13. The number of rotatable bonds is 6. The molecule has 0 spiro atoms. The Bertz CT molecular complexity index is 1350. The van der Waals surface area contributed by atoms with Gasteiger partial charge in [0.1, 0.15) is 11.5 Å². The van der Waals surface area contributed by atoms with E-state index < -0.39 is 0 Å². The van der Waals surface area contributed by atoms with E-state index in [2.05, 4.69) is 11.4 Å². The zero-order valence-corrected chi connectivity index (χ0v) is 18.9. The van der Waals surface area contributed by atoms with Crippen molar-refractivity contribution in [2.24, 2.45) is 0 Å². The molecule has 168 valence electrons. The molecule has 1 amide bonds. The third-order valence-electron chi connectivity index (χ3n) is 5.45. The number of nitrogens with zero attached hydrogens (tertiary/aromatic N) is 3. The van der Waals surface area contributed by atoms with E-state index >= 15 is 0 Å². The van der Waals surface area contributed by atoms with Crippen molar-refractivity contribution in [2.75, 3.05) is 24.1 Å². The first-order valence-electron chi connectivity index (χ1n) is 10.7. The number of carbonyl (C=O) groups excluding carboxylic acids is 1. The van der Waals surface area contributed by atoms with Gasteiger partial charge in [-0.3, -0.25) is 4.79 Å². The van der Waals surface area contributed by atoms with Gasteiger partial charge in [0, 0.05) is 30.9 Å². The minimum atomic E-state index is -0.129. The number of amides is 1. The predicted molar refractivity (Wildman–Crippen MR) is 132 cm³/mol. The molecule has 1 saturated heterocycles. The lowest BCUT2D eigenvalue weighted by atomic mass is 10.0. The Kier molecular flexibility index (Phi) is 6.20. The fourth-order valence-corrected chi connectivity index (χ4v) is 3.65. The molecule has 0 aliphatic carbocycles. The number of nitriles is 2. The summed E-state index contributed by atoms with van der Waals surface area (Å²) in [6.07, 6.45) is 3.17. The number of benzene rings is 3. The molecule has 3 aromatic carbocycles. The summed E-state index contributed by atoms with van der Waals surface area (Å²) in [4.78, 5) is 14.7. The summed E-state index contributed by atoms with van der Waals surface area (Å²) in [7, 11) is 0. The molecule has 0 atom stereocenters. The third-order valence-corrected chi connectivity index (χ3v) is 5.45. The summed E-state index contributed by atoms with van der Waals surface area (Å²) in [6, 6.07) is 18.3. The van der Waals surface area contributed by atoms with Gasteiger partial charge in [0.15, 0.2) is 0 Å². The molecule has 1 aliphatic heterocycles. The zero-order chi connectivity index (χ0) is 24.2. The van der Waals surface area contributed by atoms with E-state index in [-0.39, 0.29) is 5.91 Å². The summed E-state index contributed by atoms with van der Waals surface area (Å²) in [5, 5.41) is 21.1. The van der Waals surface area contributed by atoms with Crippen molar-refractivity contribution in [1.82, 2.24) is 4.90 Å². The molecule has 1 heterocycles. The van der Waals surface area contributed by atoms with E-state index in [0.717, 1.165) is 22.4 Å². The normalized spacial score (nSPS) is 12.2. The van der Waals surface area contributed by atoms with Gasteiger partial charge < -0.3 is 20.7 Å². The monoisotopic (exact) mass is 449 g/mol. The van der Waals surface area contributed by atoms with Gasteiger partial charge in [-0.1, -0.05) is 0 Å². The number of ether oxygens (including phenoxy) is 1. The van der Waals surface area contributed by atoms with Crippen LogP contribution in [0.5, 0.6) is 11.5 Å². The molecule has 3 aromatic rings. The van der Waals surface area contributed by atoms with Gasteiger partial charge >= 0.3 is 0 Å². The Morgan fingerprint density at radius 2 is 1.76 bits per heavy atom. The topological polar surface area (TPSA) is 115 Å². The highest BCUT2D eigenvalue weighted by atomic mass is 16.5. The molecule has 0 bridgehead atoms. The maximum absolute atomic E-state index is 13.0. The van der Waals surface area contributed by atoms with Gasteiger partial charge in [0.05, 0.1) is 34.6 Å². The van der Waals surface area contributed by atoms with Gasteiger partial charge in [-0.2, -0.15) is 10.5 Å². The molecular weight excluding hydrogens is 426 g/mol. The lowest BCUT2D eigenvalue weighted by molar-refractivity contribution is 0.0883. The van der Waals surface area contributed by atoms with Crippen molar-refractivity contribution < 1.29 is 9.53 Å². The number of carbonyl (C=O) groups is 1. The number of hydrogen-bond donors (Lipinski definition) is 2. The van der Waals surface area contributed by atoms with Crippen molar-refractivity contribution in [3.05, 3.63) is 82.4 Å². The van der Waals surface area contributed by atoms with Crippen LogP contribution in [-0.4, -0.2) is 23.9 Å². The smallest absolute Gasteiger partial charge is 0.257 e. The number of nitrogens with two attached hydrogens (primary N) is 1. The first-order valence-corrected chi connectivity index (χ1v) is 10.7. The van der Waals surface area contributed by atoms with Crippen molar-refractivity contribution in [1.29, 1.82) is 10.5 Å². The van der Waals surface area contributed by atoms with Gasteiger partial charge in [-0.15, -0.1) is 0 Å². The summed E-state index contributed by atoms with van der Waals surface area (Å²) >= 11 is 0. The summed E-state index contributed by atoms with van der Waals surface area (Å²) in [6.45, 7) is 5.26. The van der Waals surface area contributed by atoms with E-state index in [1.54, 1.807) is 47.4 Å². The van der Waals surface area contributed by atoms with Crippen molar-refractivity contribution in [3.8, 4) is 23.6 Å². The Morgan fingerprint density at radius 3 is 2.35 bits per heavy atom. The molecule has 1 aliphatic rings. The van der Waals surface area contributed by atoms with Crippen LogP contribution in [0.3, 0.4) is 0 Å². The fraction of sp³-hybridized carbons (Fsp3) is 0.148. The average molecular weight is 450 g/mol. The SMILES string of the molecule is Cc1cc(/C=C/C#N)cc(C)c1Oc1cc(Nc2ccc(C#N)cc2)c(N)cc1C(=O)N1CC1. The maximum atomic E-state index is 13.0. The minimum absolute atomic E-state index is 0.129. The molecule has 1 fully saturated rings. The number of allylic oxidation sites excluding steroid dienone is 1. The maximum Gasteiger partial charge on any atom is 0.257 e. The molecule has 7 heteroatoms. The molecular formula is C27H23N5O2. The molecule has 4 rings (SSSR count). The molecule has 0 saturated carbocycles. The van der Waals surface area contributed by atoms with E-state index in [1.807, 2.05) is 32.0 Å². The quantitative estimate of drug-likeness (QED) is 0.300. The standard InChI is InChI=1S/C27H23N5O2/c1-17-12-20(4-3-9-28)13-18(2)26(17)34-25-15-24(31-21-7-5-19(16-29)6-8-21)23(30)14-22(25)27(33)32-10-11-32/h3-8,12-15,31H,10-11,30H2,1-2H3/b4-3+. The Balaban J connectivity index is 1.73. The largest absolute Gasteiger partial charge is 0.456 e. The van der Waals surface area contributed by atoms with E-state index in [9.17, 15) is 4.79 Å². The van der Waals surface area contributed by atoms with Crippen molar-refractivity contribution >= 4 is 29.0 Å². The second-order valence-corrected chi connectivity index (χ2v) is 8.09. The van der Waals surface area contributed by atoms with Crippen LogP contribution in [0.1, 0.15) is 32.6 Å². The van der Waals surface area contributed by atoms with E-state index in [0.29, 0.717) is 47.1 Å². The second-order valence-electron chi connectivity index (χ2n) is 8.09. The first kappa shape index (κ1) is 22.4. The summed E-state index contributed by atoms with van der Waals surface area (Å²) < 4.78 is 6.32. The molecule has 34 heavy (non-hydrogen) atoms. The number of nitrogens with one attached hydrogen (secondary N) is 1. The predicted octanol–water partition coefficient (Wildman–Crippen LogP) is 5.29. The molecule has 0 unspecified atom stereocenters. The van der Waals surface area contributed by atoms with Crippen LogP contribution in [-0.2, 0) is 0 Å². The van der Waals surface area contributed by atoms with Crippen LogP contribution < -0.4 is 15.8 Å². The molecule has 7 nitrogen and oxygen atoms in total. The zero-order valence-electron chi connectivity index (χ0n) is 18.9. The lowest BCUT2D eigenvalue weighted by Gasteiger charge is -2.18. The van der Waals surface area contributed by atoms with Crippen LogP contribution in [0.25, 0.3) is 6.08 Å². The highest BCUT2D eigenvalue weighted by Crippen LogP contribution is 2.38. The first-order chi connectivity index (χ1) is 16.4. The van der Waals surface area contributed by atoms with Crippen molar-refractivity contribution in [3.63, 3.8) is 0 Å². The molecule has 0 radical (unpaired) electrons. The van der Waals surface area contributed by atoms with Crippen LogP contribution in [0.15, 0.2) is 54.6 Å². The summed E-state index contributed by atoms with van der Waals surface area (Å²) in [5.41, 5.74) is 11.6. The van der Waals surface area contributed by atoms with Crippen molar-refractivity contribution in [2.45, 2.75) is 13.8 Å². The molecule has 3 N–H and O–H groups in total. The molecule has 0 aromatic heterocycles. The van der Waals surface area contributed by atoms with Gasteiger partial charge in [0.25, 0.3) is 5.91 Å². The highest BCUT2D eigenvalue weighted by molar-refractivity contribution is 6.00. The number of anilines is 3. The van der Waals surface area contributed by atoms with Crippen LogP contribution in [0.2, 0.25) is 0 Å². The van der Waals surface area contributed by atoms with Gasteiger partial charge in [0.2, 0.25) is 0 Å². The Morgan fingerprint density at radius 1 is 1.09 bits per heavy atom.